The van der Waals surface area contributed by atoms with Crippen LogP contribution in [0.25, 0.3) is 0 Å². The molecule has 20 heavy (non-hydrogen) atoms. The van der Waals surface area contributed by atoms with Gasteiger partial charge in [-0.1, -0.05) is 25.1 Å². The summed E-state index contributed by atoms with van der Waals surface area (Å²) in [5.74, 6) is 0.889. The molecule has 1 heterocycles. The summed E-state index contributed by atoms with van der Waals surface area (Å²) in [7, 11) is 0. The lowest BCUT2D eigenvalue weighted by atomic mass is 10.2. The maximum atomic E-state index is 5.73. The SMILES string of the molecule is CCCNCc1ccc(COc2cccc(C)c2)nc1. The lowest BCUT2D eigenvalue weighted by molar-refractivity contribution is 0.301. The average Bonchev–Trinajstić information content (AvgIpc) is 2.47. The summed E-state index contributed by atoms with van der Waals surface area (Å²) in [5, 5.41) is 3.36. The fraction of sp³-hybridized carbons (Fsp3) is 0.353. The third kappa shape index (κ3) is 4.67. The van der Waals surface area contributed by atoms with Crippen LogP contribution in [0.2, 0.25) is 0 Å². The number of benzene rings is 1. The van der Waals surface area contributed by atoms with Crippen molar-refractivity contribution in [1.29, 1.82) is 0 Å². The van der Waals surface area contributed by atoms with E-state index < -0.39 is 0 Å². The third-order valence-corrected chi connectivity index (χ3v) is 3.02. The van der Waals surface area contributed by atoms with Gasteiger partial charge in [0.1, 0.15) is 12.4 Å². The summed E-state index contributed by atoms with van der Waals surface area (Å²) < 4.78 is 5.73. The second-order valence-corrected chi connectivity index (χ2v) is 4.94. The van der Waals surface area contributed by atoms with Crippen molar-refractivity contribution in [2.75, 3.05) is 6.54 Å². The van der Waals surface area contributed by atoms with Gasteiger partial charge in [0.15, 0.2) is 0 Å². The topological polar surface area (TPSA) is 34.1 Å². The zero-order valence-corrected chi connectivity index (χ0v) is 12.2. The largest absolute Gasteiger partial charge is 0.487 e. The fourth-order valence-electron chi connectivity index (χ4n) is 1.92. The molecule has 2 rings (SSSR count). The highest BCUT2D eigenvalue weighted by Gasteiger charge is 1.99. The highest BCUT2D eigenvalue weighted by Crippen LogP contribution is 2.14. The molecule has 1 N–H and O–H groups in total. The Labute approximate surface area is 121 Å². The van der Waals surface area contributed by atoms with Crippen LogP contribution in [0.15, 0.2) is 42.6 Å². The van der Waals surface area contributed by atoms with Gasteiger partial charge in [-0.05, 0) is 49.2 Å². The Morgan fingerprint density at radius 2 is 2.10 bits per heavy atom. The van der Waals surface area contributed by atoms with E-state index in [1.807, 2.05) is 30.5 Å². The number of hydrogen-bond acceptors (Lipinski definition) is 3. The summed E-state index contributed by atoms with van der Waals surface area (Å²) in [5.41, 5.74) is 3.36. The van der Waals surface area contributed by atoms with Gasteiger partial charge >= 0.3 is 0 Å². The van der Waals surface area contributed by atoms with Crippen molar-refractivity contribution in [2.24, 2.45) is 0 Å². The molecule has 2 aromatic rings. The Morgan fingerprint density at radius 3 is 2.80 bits per heavy atom. The first-order valence-electron chi connectivity index (χ1n) is 7.12. The molecule has 0 amide bonds. The number of hydrogen-bond donors (Lipinski definition) is 1. The van der Waals surface area contributed by atoms with Crippen molar-refractivity contribution < 1.29 is 4.74 Å². The van der Waals surface area contributed by atoms with Gasteiger partial charge in [0, 0.05) is 12.7 Å². The average molecular weight is 270 g/mol. The van der Waals surface area contributed by atoms with E-state index in [0.717, 1.165) is 31.0 Å². The number of nitrogens with zero attached hydrogens (tertiary/aromatic N) is 1. The molecule has 0 unspecified atom stereocenters. The maximum Gasteiger partial charge on any atom is 0.130 e. The lowest BCUT2D eigenvalue weighted by Gasteiger charge is -2.07. The Morgan fingerprint density at radius 1 is 1.20 bits per heavy atom. The first kappa shape index (κ1) is 14.5. The van der Waals surface area contributed by atoms with Crippen molar-refractivity contribution >= 4 is 0 Å². The molecule has 106 valence electrons. The summed E-state index contributed by atoms with van der Waals surface area (Å²) in [6.45, 7) is 6.64. The highest BCUT2D eigenvalue weighted by molar-refractivity contribution is 5.27. The molecular formula is C17H22N2O. The minimum atomic E-state index is 0.506. The van der Waals surface area contributed by atoms with Crippen LogP contribution in [0.4, 0.5) is 0 Å². The van der Waals surface area contributed by atoms with E-state index in [4.69, 9.17) is 4.74 Å². The normalized spacial score (nSPS) is 10.5. The number of aromatic nitrogens is 1. The van der Waals surface area contributed by atoms with E-state index in [1.165, 1.54) is 11.1 Å². The molecule has 3 nitrogen and oxygen atoms in total. The van der Waals surface area contributed by atoms with Crippen LogP contribution < -0.4 is 10.1 Å². The minimum Gasteiger partial charge on any atom is -0.487 e. The predicted octanol–water partition coefficient (Wildman–Crippen LogP) is 3.47. The smallest absolute Gasteiger partial charge is 0.130 e. The molecule has 3 heteroatoms. The second-order valence-electron chi connectivity index (χ2n) is 4.94. The van der Waals surface area contributed by atoms with E-state index in [2.05, 4.69) is 36.3 Å². The van der Waals surface area contributed by atoms with Crippen molar-refractivity contribution in [1.82, 2.24) is 10.3 Å². The summed E-state index contributed by atoms with van der Waals surface area (Å²) in [6.07, 6.45) is 3.06. The van der Waals surface area contributed by atoms with Crippen molar-refractivity contribution in [3.63, 3.8) is 0 Å². The van der Waals surface area contributed by atoms with Gasteiger partial charge in [-0.15, -0.1) is 0 Å². The fourth-order valence-corrected chi connectivity index (χ4v) is 1.92. The van der Waals surface area contributed by atoms with Crippen LogP contribution in [-0.2, 0) is 13.2 Å². The van der Waals surface area contributed by atoms with Crippen LogP contribution >= 0.6 is 0 Å². The van der Waals surface area contributed by atoms with Crippen molar-refractivity contribution in [2.45, 2.75) is 33.4 Å². The predicted molar refractivity (Wildman–Crippen MR) is 81.7 cm³/mol. The maximum absolute atomic E-state index is 5.73. The summed E-state index contributed by atoms with van der Waals surface area (Å²) >= 11 is 0. The molecule has 0 aliphatic rings. The standard InChI is InChI=1S/C17H22N2O/c1-3-9-18-11-15-7-8-16(19-12-15)13-20-17-6-4-5-14(2)10-17/h4-8,10,12,18H,3,9,11,13H2,1-2H3. The molecule has 1 aromatic carbocycles. The summed E-state index contributed by atoms with van der Waals surface area (Å²) in [4.78, 5) is 4.43. The van der Waals surface area contributed by atoms with Gasteiger partial charge in [0.05, 0.1) is 5.69 Å². The number of rotatable bonds is 7. The third-order valence-electron chi connectivity index (χ3n) is 3.02. The Hall–Kier alpha value is -1.87. The van der Waals surface area contributed by atoms with Gasteiger partial charge in [-0.2, -0.15) is 0 Å². The second kappa shape index (κ2) is 7.65. The van der Waals surface area contributed by atoms with E-state index in [1.54, 1.807) is 0 Å². The minimum absolute atomic E-state index is 0.506. The van der Waals surface area contributed by atoms with Gasteiger partial charge in [-0.25, -0.2) is 0 Å². The van der Waals surface area contributed by atoms with E-state index >= 15 is 0 Å². The van der Waals surface area contributed by atoms with Crippen LogP contribution in [0, 0.1) is 6.92 Å². The number of pyridine rings is 1. The van der Waals surface area contributed by atoms with Gasteiger partial charge < -0.3 is 10.1 Å². The molecule has 0 bridgehead atoms. The quantitative estimate of drug-likeness (QED) is 0.782. The molecule has 0 saturated carbocycles. The molecule has 0 fully saturated rings. The van der Waals surface area contributed by atoms with Gasteiger partial charge in [0.25, 0.3) is 0 Å². The van der Waals surface area contributed by atoms with Gasteiger partial charge in [0.2, 0.25) is 0 Å². The molecule has 0 radical (unpaired) electrons. The zero-order valence-electron chi connectivity index (χ0n) is 12.2. The zero-order chi connectivity index (χ0) is 14.2. The summed E-state index contributed by atoms with van der Waals surface area (Å²) in [6, 6.07) is 12.2. The lowest BCUT2D eigenvalue weighted by Crippen LogP contribution is -2.14. The molecular weight excluding hydrogens is 248 g/mol. The Bertz CT molecular complexity index is 523. The van der Waals surface area contributed by atoms with E-state index in [0.29, 0.717) is 6.61 Å². The van der Waals surface area contributed by atoms with Crippen LogP contribution in [0.5, 0.6) is 5.75 Å². The molecule has 1 aromatic heterocycles. The van der Waals surface area contributed by atoms with Crippen molar-refractivity contribution in [3.8, 4) is 5.75 Å². The van der Waals surface area contributed by atoms with Crippen molar-refractivity contribution in [3.05, 3.63) is 59.4 Å². The number of nitrogens with one attached hydrogen (secondary N) is 1. The van der Waals surface area contributed by atoms with Crippen LogP contribution in [-0.4, -0.2) is 11.5 Å². The first-order valence-corrected chi connectivity index (χ1v) is 7.12. The molecule has 0 atom stereocenters. The highest BCUT2D eigenvalue weighted by atomic mass is 16.5. The Balaban J connectivity index is 1.84. The van der Waals surface area contributed by atoms with Gasteiger partial charge in [-0.3, -0.25) is 4.98 Å². The molecule has 0 aliphatic carbocycles. The molecule has 0 saturated heterocycles. The van der Waals surface area contributed by atoms with E-state index in [-0.39, 0.29) is 0 Å². The molecule has 0 aliphatic heterocycles. The number of ether oxygens (including phenoxy) is 1. The number of aryl methyl sites for hydroxylation is 1. The first-order chi connectivity index (χ1) is 9.78. The van der Waals surface area contributed by atoms with Crippen LogP contribution in [0.1, 0.15) is 30.2 Å². The molecule has 0 spiro atoms. The van der Waals surface area contributed by atoms with Crippen LogP contribution in [0.3, 0.4) is 0 Å². The van der Waals surface area contributed by atoms with E-state index in [9.17, 15) is 0 Å². The monoisotopic (exact) mass is 270 g/mol. The Kier molecular flexibility index (Phi) is 5.56.